The number of hydrogen-bond acceptors (Lipinski definition) is 7. The smallest absolute Gasteiger partial charge is 0.187 e. The maximum Gasteiger partial charge on any atom is 0.187 e. The summed E-state index contributed by atoms with van der Waals surface area (Å²) in [5, 5.41) is 9.40. The van der Waals surface area contributed by atoms with Crippen molar-refractivity contribution in [1.29, 1.82) is 0 Å². The van der Waals surface area contributed by atoms with Crippen LogP contribution in [0.2, 0.25) is 0 Å². The molecular weight excluding hydrogens is 376 g/mol. The van der Waals surface area contributed by atoms with Crippen molar-refractivity contribution in [1.82, 2.24) is 14.9 Å². The normalized spacial score (nSPS) is 11.0. The number of fused-ring (bicyclic) bond motifs is 1. The Morgan fingerprint density at radius 1 is 1.14 bits per heavy atom. The zero-order chi connectivity index (χ0) is 19.7. The van der Waals surface area contributed by atoms with Gasteiger partial charge >= 0.3 is 0 Å². The van der Waals surface area contributed by atoms with Crippen LogP contribution in [0.15, 0.2) is 52.1 Å². The van der Waals surface area contributed by atoms with E-state index in [-0.39, 0.29) is 0 Å². The first-order valence-electron chi connectivity index (χ1n) is 8.63. The van der Waals surface area contributed by atoms with Gasteiger partial charge in [-0.1, -0.05) is 11.2 Å². The van der Waals surface area contributed by atoms with Crippen LogP contribution in [-0.4, -0.2) is 29.2 Å². The van der Waals surface area contributed by atoms with Crippen molar-refractivity contribution in [2.24, 2.45) is 7.05 Å². The van der Waals surface area contributed by atoms with Crippen LogP contribution in [-0.2, 0) is 7.05 Å². The summed E-state index contributed by atoms with van der Waals surface area (Å²) in [7, 11) is 5.16. The highest BCUT2D eigenvalue weighted by Crippen LogP contribution is 2.40. The minimum atomic E-state index is 0.641. The lowest BCUT2D eigenvalue weighted by atomic mass is 10.0. The van der Waals surface area contributed by atoms with Crippen LogP contribution in [0, 0.1) is 6.92 Å². The van der Waals surface area contributed by atoms with Gasteiger partial charge in [-0.05, 0) is 48.7 Å². The Hall–Kier alpha value is -3.13. The Bertz CT molecular complexity index is 1110. The largest absolute Gasteiger partial charge is 0.495 e. The molecule has 2 heterocycles. The standard InChI is InChI=1S/C20H20N4O3S/c1-12-8-14(13-10-21-24(2)11-13)18-15(9-12)20(22-27-18)23-28-19-16(25-3)6-5-7-17(19)26-4/h5-11H,1-4H3,(H,22,23). The lowest BCUT2D eigenvalue weighted by Gasteiger charge is -2.12. The van der Waals surface area contributed by atoms with E-state index in [1.807, 2.05) is 50.6 Å². The molecule has 4 aromatic rings. The summed E-state index contributed by atoms with van der Waals surface area (Å²) < 4.78 is 21.6. The van der Waals surface area contributed by atoms with Crippen LogP contribution >= 0.6 is 11.9 Å². The van der Waals surface area contributed by atoms with Crippen LogP contribution in [0.25, 0.3) is 22.1 Å². The van der Waals surface area contributed by atoms with E-state index < -0.39 is 0 Å². The molecule has 0 aliphatic carbocycles. The van der Waals surface area contributed by atoms with Crippen molar-refractivity contribution < 1.29 is 14.0 Å². The maximum absolute atomic E-state index is 5.68. The highest BCUT2D eigenvalue weighted by molar-refractivity contribution is 8.00. The third kappa shape index (κ3) is 3.27. The zero-order valence-electron chi connectivity index (χ0n) is 16.0. The lowest BCUT2D eigenvalue weighted by molar-refractivity contribution is 0.376. The number of hydrogen-bond donors (Lipinski definition) is 1. The molecule has 0 radical (unpaired) electrons. The monoisotopic (exact) mass is 396 g/mol. The first kappa shape index (κ1) is 18.2. The summed E-state index contributed by atoms with van der Waals surface area (Å²) in [5.41, 5.74) is 3.77. The molecule has 0 fully saturated rings. The number of methoxy groups -OCH3 is 2. The first-order chi connectivity index (χ1) is 13.6. The second kappa shape index (κ2) is 7.47. The predicted molar refractivity (Wildman–Crippen MR) is 110 cm³/mol. The van der Waals surface area contributed by atoms with Gasteiger partial charge in [0.25, 0.3) is 0 Å². The van der Waals surface area contributed by atoms with Gasteiger partial charge in [-0.3, -0.25) is 4.68 Å². The molecule has 2 aromatic heterocycles. The van der Waals surface area contributed by atoms with Gasteiger partial charge in [0.15, 0.2) is 11.4 Å². The van der Waals surface area contributed by atoms with Crippen molar-refractivity contribution in [3.05, 3.63) is 48.3 Å². The number of nitrogens with one attached hydrogen (secondary N) is 1. The number of nitrogens with zero attached hydrogens (tertiary/aromatic N) is 3. The number of ether oxygens (including phenoxy) is 2. The fourth-order valence-corrected chi connectivity index (χ4v) is 3.90. The van der Waals surface area contributed by atoms with Crippen molar-refractivity contribution >= 4 is 28.7 Å². The third-order valence-corrected chi connectivity index (χ3v) is 5.27. The van der Waals surface area contributed by atoms with E-state index in [0.29, 0.717) is 11.4 Å². The van der Waals surface area contributed by atoms with Gasteiger partial charge in [0.2, 0.25) is 0 Å². The van der Waals surface area contributed by atoms with Crippen molar-refractivity contribution in [3.63, 3.8) is 0 Å². The fraction of sp³-hybridized carbons (Fsp3) is 0.200. The summed E-state index contributed by atoms with van der Waals surface area (Å²) >= 11 is 1.37. The molecule has 0 aliphatic heterocycles. The van der Waals surface area contributed by atoms with E-state index in [4.69, 9.17) is 14.0 Å². The topological polar surface area (TPSA) is 74.3 Å². The van der Waals surface area contributed by atoms with Gasteiger partial charge < -0.3 is 18.7 Å². The molecule has 144 valence electrons. The SMILES string of the molecule is COc1cccc(OC)c1SNc1noc2c(-c3cnn(C)c3)cc(C)cc12. The second-order valence-corrected chi connectivity index (χ2v) is 7.14. The molecule has 0 amide bonds. The molecule has 0 saturated heterocycles. The van der Waals surface area contributed by atoms with Gasteiger partial charge in [0.1, 0.15) is 16.4 Å². The van der Waals surface area contributed by atoms with Gasteiger partial charge in [0.05, 0.1) is 25.8 Å². The highest BCUT2D eigenvalue weighted by Gasteiger charge is 2.17. The molecule has 7 nitrogen and oxygen atoms in total. The molecule has 1 N–H and O–H groups in total. The molecule has 0 spiro atoms. The molecule has 0 aliphatic rings. The van der Waals surface area contributed by atoms with Crippen molar-refractivity contribution in [3.8, 4) is 22.6 Å². The molecule has 0 saturated carbocycles. The number of aromatic nitrogens is 3. The third-order valence-electron chi connectivity index (χ3n) is 4.36. The van der Waals surface area contributed by atoms with Gasteiger partial charge in [-0.2, -0.15) is 5.10 Å². The molecule has 28 heavy (non-hydrogen) atoms. The lowest BCUT2D eigenvalue weighted by Crippen LogP contribution is -1.95. The average Bonchev–Trinajstić information content (AvgIpc) is 3.31. The average molecular weight is 396 g/mol. The zero-order valence-corrected chi connectivity index (χ0v) is 16.8. The number of anilines is 1. The second-order valence-electron chi connectivity index (χ2n) is 6.32. The van der Waals surface area contributed by atoms with E-state index in [1.165, 1.54) is 11.9 Å². The van der Waals surface area contributed by atoms with Crippen LogP contribution in [0.1, 0.15) is 5.56 Å². The van der Waals surface area contributed by atoms with Crippen LogP contribution in [0.3, 0.4) is 0 Å². The number of benzene rings is 2. The summed E-state index contributed by atoms with van der Waals surface area (Å²) in [6.45, 7) is 2.05. The quantitative estimate of drug-likeness (QED) is 0.475. The van der Waals surface area contributed by atoms with Crippen LogP contribution in [0.4, 0.5) is 5.82 Å². The Morgan fingerprint density at radius 2 is 1.89 bits per heavy atom. The van der Waals surface area contributed by atoms with E-state index in [1.54, 1.807) is 18.9 Å². The molecule has 0 unspecified atom stereocenters. The molecule has 4 rings (SSSR count). The fourth-order valence-electron chi connectivity index (χ4n) is 3.05. The van der Waals surface area contributed by atoms with Crippen molar-refractivity contribution in [2.75, 3.05) is 18.9 Å². The highest BCUT2D eigenvalue weighted by atomic mass is 32.2. The number of rotatable bonds is 6. The van der Waals surface area contributed by atoms with Gasteiger partial charge in [0, 0.05) is 24.4 Å². The minimum absolute atomic E-state index is 0.641. The molecular formula is C20H20N4O3S. The van der Waals surface area contributed by atoms with Crippen LogP contribution < -0.4 is 14.2 Å². The number of aryl methyl sites for hydroxylation is 2. The first-order valence-corrected chi connectivity index (χ1v) is 9.45. The Balaban J connectivity index is 1.71. The summed E-state index contributed by atoms with van der Waals surface area (Å²) in [4.78, 5) is 0.837. The summed E-state index contributed by atoms with van der Waals surface area (Å²) in [6.07, 6.45) is 3.77. The Kier molecular flexibility index (Phi) is 4.87. The maximum atomic E-state index is 5.68. The van der Waals surface area contributed by atoms with Crippen molar-refractivity contribution in [2.45, 2.75) is 11.8 Å². The van der Waals surface area contributed by atoms with Gasteiger partial charge in [-0.25, -0.2) is 0 Å². The Labute approximate surface area is 166 Å². The predicted octanol–water partition coefficient (Wildman–Crippen LogP) is 4.67. The Morgan fingerprint density at radius 3 is 2.54 bits per heavy atom. The van der Waals surface area contributed by atoms with Crippen LogP contribution in [0.5, 0.6) is 11.5 Å². The van der Waals surface area contributed by atoms with E-state index >= 15 is 0 Å². The minimum Gasteiger partial charge on any atom is -0.495 e. The molecule has 2 aromatic carbocycles. The van der Waals surface area contributed by atoms with E-state index in [0.717, 1.165) is 38.5 Å². The molecule has 0 atom stereocenters. The van der Waals surface area contributed by atoms with E-state index in [9.17, 15) is 0 Å². The summed E-state index contributed by atoms with van der Waals surface area (Å²) in [5.74, 6) is 2.08. The molecule has 8 heteroatoms. The molecule has 0 bridgehead atoms. The van der Waals surface area contributed by atoms with Gasteiger partial charge in [-0.15, -0.1) is 0 Å². The summed E-state index contributed by atoms with van der Waals surface area (Å²) in [6, 6.07) is 9.78. The van der Waals surface area contributed by atoms with E-state index in [2.05, 4.69) is 21.0 Å².